The predicted molar refractivity (Wildman–Crippen MR) is 88.1 cm³/mol. The minimum absolute atomic E-state index is 0.0250. The minimum atomic E-state index is -4.48. The van der Waals surface area contributed by atoms with E-state index in [4.69, 9.17) is 0 Å². The molecule has 25 heavy (non-hydrogen) atoms. The molecule has 0 N–H and O–H groups in total. The van der Waals surface area contributed by atoms with Crippen molar-refractivity contribution < 1.29 is 18.0 Å². The first-order chi connectivity index (χ1) is 11.9. The normalized spacial score (nSPS) is 16.1. The van der Waals surface area contributed by atoms with E-state index in [1.54, 1.807) is 11.0 Å². The molecule has 1 fully saturated rings. The van der Waals surface area contributed by atoms with Crippen LogP contribution < -0.4 is 0 Å². The number of pyridine rings is 1. The fourth-order valence-electron chi connectivity index (χ4n) is 2.86. The molecule has 0 radical (unpaired) electrons. The van der Waals surface area contributed by atoms with Crippen LogP contribution in [0.1, 0.15) is 15.9 Å². The van der Waals surface area contributed by atoms with Gasteiger partial charge >= 0.3 is 6.18 Å². The number of carbonyl (C=O) groups excluding carboxylic acids is 1. The molecule has 1 aromatic heterocycles. The molecular formula is C18H18F3N3O. The van der Waals surface area contributed by atoms with Gasteiger partial charge < -0.3 is 9.80 Å². The van der Waals surface area contributed by atoms with Crippen molar-refractivity contribution in [1.29, 1.82) is 0 Å². The number of hydrogen-bond donors (Lipinski definition) is 0. The number of piperazine rings is 1. The second-order valence-corrected chi connectivity index (χ2v) is 6.07. The highest BCUT2D eigenvalue weighted by Crippen LogP contribution is 2.36. The Morgan fingerprint density at radius 3 is 2.44 bits per heavy atom. The van der Waals surface area contributed by atoms with E-state index >= 15 is 0 Å². The van der Waals surface area contributed by atoms with Crippen molar-refractivity contribution in [1.82, 2.24) is 14.8 Å². The summed E-state index contributed by atoms with van der Waals surface area (Å²) in [4.78, 5) is 20.5. The van der Waals surface area contributed by atoms with Gasteiger partial charge in [0.05, 0.1) is 11.3 Å². The Morgan fingerprint density at radius 1 is 1.08 bits per heavy atom. The Labute approximate surface area is 143 Å². The summed E-state index contributed by atoms with van der Waals surface area (Å²) in [5, 5.41) is 0. The molecule has 0 saturated carbocycles. The molecule has 1 amide bonds. The van der Waals surface area contributed by atoms with Crippen LogP contribution in [-0.4, -0.2) is 53.9 Å². The SMILES string of the molecule is CN1CCN(C(=O)c2ccnc(-c3ccccc3C(F)(F)F)c2)CC1. The maximum absolute atomic E-state index is 13.2. The van der Waals surface area contributed by atoms with Crippen molar-refractivity contribution in [2.45, 2.75) is 6.18 Å². The van der Waals surface area contributed by atoms with Gasteiger partial charge in [0.1, 0.15) is 0 Å². The van der Waals surface area contributed by atoms with E-state index in [9.17, 15) is 18.0 Å². The van der Waals surface area contributed by atoms with E-state index in [1.165, 1.54) is 30.5 Å². The summed E-state index contributed by atoms with van der Waals surface area (Å²) in [5.41, 5.74) is -0.283. The van der Waals surface area contributed by atoms with E-state index in [0.717, 1.165) is 19.2 Å². The van der Waals surface area contributed by atoms with E-state index in [1.807, 2.05) is 7.05 Å². The molecule has 0 atom stereocenters. The van der Waals surface area contributed by atoms with Crippen LogP contribution in [0.5, 0.6) is 0 Å². The highest BCUT2D eigenvalue weighted by atomic mass is 19.4. The quantitative estimate of drug-likeness (QED) is 0.836. The van der Waals surface area contributed by atoms with Gasteiger partial charge in [-0.3, -0.25) is 9.78 Å². The standard InChI is InChI=1S/C18H18F3N3O/c1-23-8-10-24(11-9-23)17(25)13-6-7-22-16(12-13)14-4-2-3-5-15(14)18(19,20)21/h2-7,12H,8-11H2,1H3. The van der Waals surface area contributed by atoms with Crippen molar-refractivity contribution >= 4 is 5.91 Å². The molecule has 0 aliphatic carbocycles. The Hall–Kier alpha value is -2.41. The van der Waals surface area contributed by atoms with Crippen LogP contribution in [0.15, 0.2) is 42.6 Å². The largest absolute Gasteiger partial charge is 0.417 e. The van der Waals surface area contributed by atoms with Crippen molar-refractivity contribution in [2.75, 3.05) is 33.2 Å². The van der Waals surface area contributed by atoms with Crippen LogP contribution in [-0.2, 0) is 6.18 Å². The van der Waals surface area contributed by atoms with Gasteiger partial charge in [-0.05, 0) is 25.2 Å². The number of halogens is 3. The summed E-state index contributed by atoms with van der Waals surface area (Å²) in [6, 6.07) is 8.24. The van der Waals surface area contributed by atoms with Gasteiger partial charge in [-0.15, -0.1) is 0 Å². The van der Waals surface area contributed by atoms with E-state index in [-0.39, 0.29) is 17.2 Å². The van der Waals surface area contributed by atoms with Crippen molar-refractivity contribution in [2.24, 2.45) is 0 Å². The molecule has 1 aliphatic heterocycles. The average Bonchev–Trinajstić information content (AvgIpc) is 2.61. The van der Waals surface area contributed by atoms with E-state index < -0.39 is 11.7 Å². The van der Waals surface area contributed by atoms with Crippen LogP contribution in [0.2, 0.25) is 0 Å². The first-order valence-electron chi connectivity index (χ1n) is 7.97. The summed E-state index contributed by atoms with van der Waals surface area (Å²) in [7, 11) is 1.99. The Kier molecular flexibility index (Phi) is 4.76. The number of alkyl halides is 3. The third kappa shape index (κ3) is 3.82. The molecule has 0 spiro atoms. The monoisotopic (exact) mass is 349 g/mol. The lowest BCUT2D eigenvalue weighted by Gasteiger charge is -2.32. The molecule has 0 unspecified atom stereocenters. The van der Waals surface area contributed by atoms with E-state index in [2.05, 4.69) is 9.88 Å². The van der Waals surface area contributed by atoms with Gasteiger partial charge in [0.25, 0.3) is 5.91 Å². The van der Waals surface area contributed by atoms with Gasteiger partial charge in [-0.2, -0.15) is 13.2 Å². The van der Waals surface area contributed by atoms with Gasteiger partial charge in [-0.1, -0.05) is 18.2 Å². The summed E-state index contributed by atoms with van der Waals surface area (Å²) >= 11 is 0. The van der Waals surface area contributed by atoms with Crippen LogP contribution in [0, 0.1) is 0 Å². The zero-order chi connectivity index (χ0) is 18.0. The number of hydrogen-bond acceptors (Lipinski definition) is 3. The average molecular weight is 349 g/mol. The number of aromatic nitrogens is 1. The summed E-state index contributed by atoms with van der Waals surface area (Å²) in [6.07, 6.45) is -3.10. The first-order valence-corrected chi connectivity index (χ1v) is 7.97. The highest BCUT2D eigenvalue weighted by molar-refractivity contribution is 5.95. The molecule has 132 valence electrons. The van der Waals surface area contributed by atoms with Crippen LogP contribution >= 0.6 is 0 Å². The fourth-order valence-corrected chi connectivity index (χ4v) is 2.86. The van der Waals surface area contributed by atoms with E-state index in [0.29, 0.717) is 18.7 Å². The maximum atomic E-state index is 13.2. The van der Waals surface area contributed by atoms with Gasteiger partial charge in [0.15, 0.2) is 0 Å². The number of likely N-dealkylation sites (N-methyl/N-ethyl adjacent to an activating group) is 1. The molecule has 4 nitrogen and oxygen atoms in total. The number of amides is 1. The van der Waals surface area contributed by atoms with Crippen molar-refractivity contribution in [3.05, 3.63) is 53.7 Å². The molecule has 2 heterocycles. The molecule has 1 aromatic carbocycles. The van der Waals surface area contributed by atoms with Gasteiger partial charge in [0, 0.05) is 43.5 Å². The van der Waals surface area contributed by atoms with Crippen LogP contribution in [0.25, 0.3) is 11.3 Å². The lowest BCUT2D eigenvalue weighted by atomic mass is 10.0. The Balaban J connectivity index is 1.92. The first kappa shape index (κ1) is 17.4. The highest BCUT2D eigenvalue weighted by Gasteiger charge is 2.33. The van der Waals surface area contributed by atoms with Gasteiger partial charge in [0.2, 0.25) is 0 Å². The zero-order valence-corrected chi connectivity index (χ0v) is 13.8. The summed E-state index contributed by atoms with van der Waals surface area (Å²) < 4.78 is 39.6. The topological polar surface area (TPSA) is 36.4 Å². The molecule has 3 rings (SSSR count). The zero-order valence-electron chi connectivity index (χ0n) is 13.8. The molecular weight excluding hydrogens is 331 g/mol. The second-order valence-electron chi connectivity index (χ2n) is 6.07. The van der Waals surface area contributed by atoms with Crippen molar-refractivity contribution in [3.63, 3.8) is 0 Å². The smallest absolute Gasteiger partial charge is 0.336 e. The third-order valence-electron chi connectivity index (χ3n) is 4.31. The molecule has 0 bridgehead atoms. The Morgan fingerprint density at radius 2 is 1.76 bits per heavy atom. The molecule has 2 aromatic rings. The number of carbonyl (C=O) groups is 1. The predicted octanol–water partition coefficient (Wildman–Crippen LogP) is 3.16. The number of benzene rings is 1. The molecule has 1 saturated heterocycles. The number of nitrogens with zero attached hydrogens (tertiary/aromatic N) is 3. The minimum Gasteiger partial charge on any atom is -0.336 e. The number of rotatable bonds is 2. The second kappa shape index (κ2) is 6.84. The lowest BCUT2D eigenvalue weighted by Crippen LogP contribution is -2.47. The van der Waals surface area contributed by atoms with Crippen LogP contribution in [0.3, 0.4) is 0 Å². The summed E-state index contributed by atoms with van der Waals surface area (Å²) in [6.45, 7) is 2.76. The Bertz CT molecular complexity index is 768. The summed E-state index contributed by atoms with van der Waals surface area (Å²) in [5.74, 6) is -0.179. The molecule has 1 aliphatic rings. The fraction of sp³-hybridized carbons (Fsp3) is 0.333. The maximum Gasteiger partial charge on any atom is 0.417 e. The van der Waals surface area contributed by atoms with Crippen molar-refractivity contribution in [3.8, 4) is 11.3 Å². The van der Waals surface area contributed by atoms with Crippen LogP contribution in [0.4, 0.5) is 13.2 Å². The lowest BCUT2D eigenvalue weighted by molar-refractivity contribution is -0.137. The van der Waals surface area contributed by atoms with Gasteiger partial charge in [-0.25, -0.2) is 0 Å². The molecule has 7 heteroatoms. The third-order valence-corrected chi connectivity index (χ3v) is 4.31.